The van der Waals surface area contributed by atoms with Crippen molar-refractivity contribution < 1.29 is 9.53 Å². The molecule has 4 heteroatoms. The van der Waals surface area contributed by atoms with Crippen LogP contribution in [0, 0.1) is 5.92 Å². The summed E-state index contributed by atoms with van der Waals surface area (Å²) in [6.45, 7) is 7.71. The van der Waals surface area contributed by atoms with Gasteiger partial charge in [0, 0.05) is 23.9 Å². The molecule has 2 aromatic rings. The van der Waals surface area contributed by atoms with Gasteiger partial charge in [-0.15, -0.1) is 11.3 Å². The Balaban J connectivity index is 2.01. The topological polar surface area (TPSA) is 38.3 Å². The Morgan fingerprint density at radius 2 is 2.17 bits per heavy atom. The van der Waals surface area contributed by atoms with E-state index in [1.165, 1.54) is 0 Å². The quantitative estimate of drug-likeness (QED) is 0.869. The standard InChI is InChI=1S/C19H19NO2S/c1-4-13-8-6-9-16(14(13)5-2)22-19(17-10-7-11-23-17)12-15(19)18(21)20-3/h4-11,15H,1-2,12H2,3H3,(H,20,21)/t15-,19-/m1/s1. The van der Waals surface area contributed by atoms with Gasteiger partial charge in [0.1, 0.15) is 5.75 Å². The third-order valence-electron chi connectivity index (χ3n) is 4.23. The molecule has 118 valence electrons. The van der Waals surface area contributed by atoms with E-state index in [4.69, 9.17) is 4.74 Å². The van der Waals surface area contributed by atoms with E-state index < -0.39 is 5.60 Å². The summed E-state index contributed by atoms with van der Waals surface area (Å²) in [6, 6.07) is 9.83. The largest absolute Gasteiger partial charge is 0.480 e. The predicted octanol–water partition coefficient (Wildman–Crippen LogP) is 4.07. The zero-order valence-corrected chi connectivity index (χ0v) is 13.9. The molecule has 0 unspecified atom stereocenters. The van der Waals surface area contributed by atoms with Crippen LogP contribution >= 0.6 is 11.3 Å². The van der Waals surface area contributed by atoms with Crippen LogP contribution < -0.4 is 10.1 Å². The van der Waals surface area contributed by atoms with Gasteiger partial charge in [-0.05, 0) is 23.1 Å². The van der Waals surface area contributed by atoms with E-state index >= 15 is 0 Å². The van der Waals surface area contributed by atoms with Gasteiger partial charge >= 0.3 is 0 Å². The first-order valence-electron chi connectivity index (χ1n) is 7.48. The highest BCUT2D eigenvalue weighted by atomic mass is 32.1. The Labute approximate surface area is 140 Å². The second-order valence-electron chi connectivity index (χ2n) is 5.51. The van der Waals surface area contributed by atoms with Crippen molar-refractivity contribution in [3.8, 4) is 5.75 Å². The second kappa shape index (κ2) is 6.05. The molecule has 1 aliphatic rings. The first-order chi connectivity index (χ1) is 11.2. The van der Waals surface area contributed by atoms with Crippen LogP contribution in [0.1, 0.15) is 22.4 Å². The van der Waals surface area contributed by atoms with Crippen LogP contribution in [-0.4, -0.2) is 13.0 Å². The number of benzene rings is 1. The molecule has 2 atom stereocenters. The van der Waals surface area contributed by atoms with Crippen molar-refractivity contribution in [2.75, 3.05) is 7.05 Å². The Kier molecular flexibility index (Phi) is 4.09. The molecule has 1 aromatic heterocycles. The number of carbonyl (C=O) groups excluding carboxylic acids is 1. The third kappa shape index (κ3) is 2.59. The summed E-state index contributed by atoms with van der Waals surface area (Å²) in [4.78, 5) is 13.2. The number of hydrogen-bond donors (Lipinski definition) is 1. The summed E-state index contributed by atoms with van der Waals surface area (Å²) in [7, 11) is 1.66. The summed E-state index contributed by atoms with van der Waals surface area (Å²) in [5, 5.41) is 4.74. The SMILES string of the molecule is C=Cc1cccc(O[C@]2(c3cccs3)C[C@@H]2C(=O)NC)c1C=C. The Morgan fingerprint density at radius 1 is 1.35 bits per heavy atom. The Hall–Kier alpha value is -2.33. The molecule has 0 radical (unpaired) electrons. The van der Waals surface area contributed by atoms with Crippen molar-refractivity contribution in [2.45, 2.75) is 12.0 Å². The molecule has 1 amide bonds. The number of thiophene rings is 1. The molecule has 23 heavy (non-hydrogen) atoms. The monoisotopic (exact) mass is 325 g/mol. The van der Waals surface area contributed by atoms with Gasteiger partial charge in [-0.3, -0.25) is 4.79 Å². The first kappa shape index (κ1) is 15.6. The number of hydrogen-bond acceptors (Lipinski definition) is 3. The van der Waals surface area contributed by atoms with Crippen LogP contribution in [0.4, 0.5) is 0 Å². The highest BCUT2D eigenvalue weighted by Crippen LogP contribution is 2.57. The summed E-state index contributed by atoms with van der Waals surface area (Å²) < 4.78 is 6.39. The molecule has 0 saturated heterocycles. The van der Waals surface area contributed by atoms with Crippen LogP contribution in [0.25, 0.3) is 12.2 Å². The fraction of sp³-hybridized carbons (Fsp3) is 0.211. The molecular weight excluding hydrogens is 306 g/mol. The van der Waals surface area contributed by atoms with E-state index in [2.05, 4.69) is 18.5 Å². The molecule has 3 nitrogen and oxygen atoms in total. The second-order valence-corrected chi connectivity index (χ2v) is 6.45. The van der Waals surface area contributed by atoms with E-state index in [0.717, 1.165) is 21.8 Å². The van der Waals surface area contributed by atoms with Crippen molar-refractivity contribution in [3.63, 3.8) is 0 Å². The maximum Gasteiger partial charge on any atom is 0.227 e. The Bertz CT molecular complexity index is 751. The summed E-state index contributed by atoms with van der Waals surface area (Å²) in [5.74, 6) is 0.576. The lowest BCUT2D eigenvalue weighted by Gasteiger charge is -2.21. The normalized spacial score (nSPS) is 22.2. The van der Waals surface area contributed by atoms with Gasteiger partial charge in [0.05, 0.1) is 5.92 Å². The summed E-state index contributed by atoms with van der Waals surface area (Å²) >= 11 is 1.62. The summed E-state index contributed by atoms with van der Waals surface area (Å²) in [5.41, 5.74) is 1.29. The number of rotatable bonds is 6. The van der Waals surface area contributed by atoms with Crippen molar-refractivity contribution in [3.05, 3.63) is 64.9 Å². The Morgan fingerprint density at radius 3 is 2.78 bits per heavy atom. The lowest BCUT2D eigenvalue weighted by molar-refractivity contribution is -0.123. The fourth-order valence-corrected chi connectivity index (χ4v) is 3.85. The van der Waals surface area contributed by atoms with Gasteiger partial charge in [0.2, 0.25) is 5.91 Å². The molecule has 3 rings (SSSR count). The fourth-order valence-electron chi connectivity index (χ4n) is 2.92. The molecule has 1 N–H and O–H groups in total. The van der Waals surface area contributed by atoms with Gasteiger partial charge < -0.3 is 10.1 Å². The number of carbonyl (C=O) groups is 1. The first-order valence-corrected chi connectivity index (χ1v) is 8.36. The number of ether oxygens (including phenoxy) is 1. The van der Waals surface area contributed by atoms with E-state index in [1.807, 2.05) is 35.7 Å². The lowest BCUT2D eigenvalue weighted by Crippen LogP contribution is -2.28. The maximum absolute atomic E-state index is 12.1. The number of nitrogens with one attached hydrogen (secondary N) is 1. The van der Waals surface area contributed by atoms with Crippen LogP contribution in [0.15, 0.2) is 48.9 Å². The minimum atomic E-state index is -0.578. The van der Waals surface area contributed by atoms with Gasteiger partial charge in [-0.25, -0.2) is 0 Å². The van der Waals surface area contributed by atoms with E-state index in [0.29, 0.717) is 6.42 Å². The molecule has 1 fully saturated rings. The average Bonchev–Trinajstić information content (AvgIpc) is 3.04. The maximum atomic E-state index is 12.1. The predicted molar refractivity (Wildman–Crippen MR) is 95.4 cm³/mol. The van der Waals surface area contributed by atoms with Gasteiger partial charge in [-0.2, -0.15) is 0 Å². The minimum absolute atomic E-state index is 0.0124. The lowest BCUT2D eigenvalue weighted by atomic mass is 10.1. The smallest absolute Gasteiger partial charge is 0.227 e. The highest BCUT2D eigenvalue weighted by Gasteiger charge is 2.63. The average molecular weight is 325 g/mol. The molecule has 0 bridgehead atoms. The van der Waals surface area contributed by atoms with E-state index in [-0.39, 0.29) is 11.8 Å². The van der Waals surface area contributed by atoms with Crippen LogP contribution in [-0.2, 0) is 10.4 Å². The molecule has 1 heterocycles. The third-order valence-corrected chi connectivity index (χ3v) is 5.26. The zero-order chi connectivity index (χ0) is 16.4. The minimum Gasteiger partial charge on any atom is -0.480 e. The molecule has 0 spiro atoms. The molecule has 1 aromatic carbocycles. The zero-order valence-electron chi connectivity index (χ0n) is 13.0. The molecule has 0 aliphatic heterocycles. The van der Waals surface area contributed by atoms with Crippen molar-refractivity contribution in [2.24, 2.45) is 5.92 Å². The van der Waals surface area contributed by atoms with Gasteiger partial charge in [0.25, 0.3) is 0 Å². The van der Waals surface area contributed by atoms with Crippen molar-refractivity contribution >= 4 is 29.4 Å². The van der Waals surface area contributed by atoms with Gasteiger partial charge in [0.15, 0.2) is 5.60 Å². The van der Waals surface area contributed by atoms with Crippen LogP contribution in [0.3, 0.4) is 0 Å². The van der Waals surface area contributed by atoms with E-state index in [1.54, 1.807) is 30.5 Å². The van der Waals surface area contributed by atoms with Gasteiger partial charge in [-0.1, -0.05) is 43.5 Å². The summed E-state index contributed by atoms with van der Waals surface area (Å²) in [6.07, 6.45) is 4.23. The van der Waals surface area contributed by atoms with Crippen LogP contribution in [0.5, 0.6) is 5.75 Å². The van der Waals surface area contributed by atoms with Crippen molar-refractivity contribution in [1.29, 1.82) is 0 Å². The van der Waals surface area contributed by atoms with Crippen LogP contribution in [0.2, 0.25) is 0 Å². The molecule has 1 saturated carbocycles. The van der Waals surface area contributed by atoms with E-state index in [9.17, 15) is 4.79 Å². The number of amides is 1. The highest BCUT2D eigenvalue weighted by molar-refractivity contribution is 7.10. The molecule has 1 aliphatic carbocycles. The van der Waals surface area contributed by atoms with Crippen molar-refractivity contribution in [1.82, 2.24) is 5.32 Å². The molecular formula is C19H19NO2S.